The first-order valence-corrected chi connectivity index (χ1v) is 10.3. The Morgan fingerprint density at radius 2 is 1.92 bits per heavy atom. The van der Waals surface area contributed by atoms with Crippen molar-refractivity contribution in [3.63, 3.8) is 0 Å². The minimum Gasteiger partial charge on any atom is -0.338 e. The number of nitrogens with zero attached hydrogens (tertiary/aromatic N) is 3. The standard InChI is InChI=1S/C20H22ClN3OS/c1-14-16-12-18(19(25)23-10-6-2-3-7-11-23)26-20(16)24(22-14)13-15-8-4-5-9-17(15)21/h4-5,8-9,12H,2-3,6-7,10-11,13H2,1H3. The smallest absolute Gasteiger partial charge is 0.264 e. The fourth-order valence-electron chi connectivity index (χ4n) is 3.54. The highest BCUT2D eigenvalue weighted by Crippen LogP contribution is 2.30. The molecule has 1 fully saturated rings. The van der Waals surface area contributed by atoms with Crippen molar-refractivity contribution in [1.29, 1.82) is 0 Å². The summed E-state index contributed by atoms with van der Waals surface area (Å²) >= 11 is 7.85. The van der Waals surface area contributed by atoms with Gasteiger partial charge in [0.05, 0.1) is 17.1 Å². The van der Waals surface area contributed by atoms with Crippen LogP contribution in [0.25, 0.3) is 10.2 Å². The van der Waals surface area contributed by atoms with Gasteiger partial charge in [0, 0.05) is 23.5 Å². The summed E-state index contributed by atoms with van der Waals surface area (Å²) < 4.78 is 1.97. The Hall–Kier alpha value is -1.85. The van der Waals surface area contributed by atoms with Gasteiger partial charge in [-0.1, -0.05) is 42.6 Å². The number of likely N-dealkylation sites (tertiary alicyclic amines) is 1. The van der Waals surface area contributed by atoms with E-state index in [1.165, 1.54) is 12.8 Å². The van der Waals surface area contributed by atoms with Gasteiger partial charge in [0.15, 0.2) is 0 Å². The normalized spacial score (nSPS) is 15.4. The Morgan fingerprint density at radius 3 is 2.65 bits per heavy atom. The zero-order valence-electron chi connectivity index (χ0n) is 14.9. The number of halogens is 1. The number of aromatic nitrogens is 2. The highest BCUT2D eigenvalue weighted by molar-refractivity contribution is 7.20. The van der Waals surface area contributed by atoms with E-state index < -0.39 is 0 Å². The third-order valence-electron chi connectivity index (χ3n) is 4.99. The minimum atomic E-state index is 0.164. The molecule has 0 bridgehead atoms. The fraction of sp³-hybridized carbons (Fsp3) is 0.400. The van der Waals surface area contributed by atoms with Gasteiger partial charge in [0.25, 0.3) is 5.91 Å². The third kappa shape index (κ3) is 3.38. The van der Waals surface area contributed by atoms with E-state index in [4.69, 9.17) is 11.6 Å². The van der Waals surface area contributed by atoms with Crippen molar-refractivity contribution in [2.24, 2.45) is 0 Å². The number of amides is 1. The van der Waals surface area contributed by atoms with Crippen molar-refractivity contribution >= 4 is 39.1 Å². The van der Waals surface area contributed by atoms with Crippen LogP contribution in [0.5, 0.6) is 0 Å². The molecule has 0 radical (unpaired) electrons. The topological polar surface area (TPSA) is 38.1 Å². The Bertz CT molecular complexity index is 938. The second kappa shape index (κ2) is 7.41. The van der Waals surface area contributed by atoms with E-state index >= 15 is 0 Å². The highest BCUT2D eigenvalue weighted by atomic mass is 35.5. The van der Waals surface area contributed by atoms with Crippen molar-refractivity contribution in [2.45, 2.75) is 39.2 Å². The molecule has 136 valence electrons. The Kier molecular flexibility index (Phi) is 5.00. The zero-order valence-corrected chi connectivity index (χ0v) is 16.4. The highest BCUT2D eigenvalue weighted by Gasteiger charge is 2.22. The van der Waals surface area contributed by atoms with Crippen molar-refractivity contribution < 1.29 is 4.79 Å². The van der Waals surface area contributed by atoms with Gasteiger partial charge in [0.2, 0.25) is 0 Å². The largest absolute Gasteiger partial charge is 0.338 e. The van der Waals surface area contributed by atoms with Crippen molar-refractivity contribution in [2.75, 3.05) is 13.1 Å². The predicted molar refractivity (Wildman–Crippen MR) is 107 cm³/mol. The van der Waals surface area contributed by atoms with E-state index in [0.717, 1.165) is 57.3 Å². The zero-order chi connectivity index (χ0) is 18.1. The summed E-state index contributed by atoms with van der Waals surface area (Å²) in [6, 6.07) is 9.84. The number of thiophene rings is 1. The Labute approximate surface area is 162 Å². The molecule has 0 aliphatic carbocycles. The molecule has 2 aromatic heterocycles. The lowest BCUT2D eigenvalue weighted by molar-refractivity contribution is 0.0766. The summed E-state index contributed by atoms with van der Waals surface area (Å²) in [5.41, 5.74) is 1.99. The predicted octanol–water partition coefficient (Wildman–Crippen LogP) is 5.12. The number of carbonyl (C=O) groups excluding carboxylic acids is 1. The molecule has 0 saturated carbocycles. The summed E-state index contributed by atoms with van der Waals surface area (Å²) in [4.78, 5) is 16.8. The molecule has 1 amide bonds. The fourth-order valence-corrected chi connectivity index (χ4v) is 4.87. The van der Waals surface area contributed by atoms with Crippen LogP contribution in [0.15, 0.2) is 30.3 Å². The van der Waals surface area contributed by atoms with E-state index in [-0.39, 0.29) is 5.91 Å². The van der Waals surface area contributed by atoms with Crippen LogP contribution in [0.4, 0.5) is 0 Å². The number of fused-ring (bicyclic) bond motifs is 1. The summed E-state index contributed by atoms with van der Waals surface area (Å²) in [5, 5.41) is 6.47. The van der Waals surface area contributed by atoms with Gasteiger partial charge in [0.1, 0.15) is 4.83 Å². The average Bonchev–Trinajstić information content (AvgIpc) is 3.06. The van der Waals surface area contributed by atoms with E-state index in [9.17, 15) is 4.79 Å². The van der Waals surface area contributed by atoms with Crippen LogP contribution in [0.2, 0.25) is 5.02 Å². The number of hydrogen-bond acceptors (Lipinski definition) is 3. The van der Waals surface area contributed by atoms with Gasteiger partial charge in [-0.15, -0.1) is 11.3 Å². The first-order valence-electron chi connectivity index (χ1n) is 9.13. The minimum absolute atomic E-state index is 0.164. The van der Waals surface area contributed by atoms with Crippen molar-refractivity contribution in [3.8, 4) is 0 Å². The lowest BCUT2D eigenvalue weighted by atomic mass is 10.2. The molecule has 0 N–H and O–H groups in total. The van der Waals surface area contributed by atoms with Gasteiger partial charge in [-0.05, 0) is 37.5 Å². The first kappa shape index (κ1) is 17.6. The molecule has 4 rings (SSSR count). The van der Waals surface area contributed by atoms with Crippen LogP contribution in [-0.4, -0.2) is 33.7 Å². The third-order valence-corrected chi connectivity index (χ3v) is 6.49. The first-order chi connectivity index (χ1) is 12.6. The quantitative estimate of drug-likeness (QED) is 0.625. The van der Waals surface area contributed by atoms with Gasteiger partial charge in [-0.2, -0.15) is 5.10 Å². The molecule has 4 nitrogen and oxygen atoms in total. The lowest BCUT2D eigenvalue weighted by Gasteiger charge is -2.19. The second-order valence-corrected chi connectivity index (χ2v) is 8.31. The SMILES string of the molecule is Cc1nn(Cc2ccccc2Cl)c2sc(C(=O)N3CCCCCC3)cc12. The summed E-state index contributed by atoms with van der Waals surface area (Å²) in [7, 11) is 0. The van der Waals surface area contributed by atoms with E-state index in [2.05, 4.69) is 5.10 Å². The maximum atomic E-state index is 12.9. The van der Waals surface area contributed by atoms with Crippen LogP contribution in [0, 0.1) is 6.92 Å². The van der Waals surface area contributed by atoms with E-state index in [1.54, 1.807) is 11.3 Å². The van der Waals surface area contributed by atoms with Crippen LogP contribution in [0.1, 0.15) is 46.6 Å². The molecule has 26 heavy (non-hydrogen) atoms. The van der Waals surface area contributed by atoms with Crippen LogP contribution >= 0.6 is 22.9 Å². The summed E-state index contributed by atoms with van der Waals surface area (Å²) in [5.74, 6) is 0.164. The molecule has 1 aromatic carbocycles. The van der Waals surface area contributed by atoms with Crippen molar-refractivity contribution in [1.82, 2.24) is 14.7 Å². The van der Waals surface area contributed by atoms with E-state index in [0.29, 0.717) is 6.54 Å². The van der Waals surface area contributed by atoms with Gasteiger partial charge >= 0.3 is 0 Å². The maximum Gasteiger partial charge on any atom is 0.264 e. The number of carbonyl (C=O) groups is 1. The van der Waals surface area contributed by atoms with Crippen LogP contribution in [-0.2, 0) is 6.54 Å². The molecular formula is C20H22ClN3OS. The summed E-state index contributed by atoms with van der Waals surface area (Å²) in [6.07, 6.45) is 4.66. The maximum absolute atomic E-state index is 12.9. The monoisotopic (exact) mass is 387 g/mol. The number of rotatable bonds is 3. The molecule has 1 aliphatic heterocycles. The molecule has 3 heterocycles. The van der Waals surface area contributed by atoms with Gasteiger partial charge in [-0.3, -0.25) is 9.48 Å². The lowest BCUT2D eigenvalue weighted by Crippen LogP contribution is -2.31. The Morgan fingerprint density at radius 1 is 1.19 bits per heavy atom. The Balaban J connectivity index is 1.65. The molecule has 1 saturated heterocycles. The van der Waals surface area contributed by atoms with Gasteiger partial charge in [-0.25, -0.2) is 0 Å². The van der Waals surface area contributed by atoms with Crippen LogP contribution < -0.4 is 0 Å². The van der Waals surface area contributed by atoms with Crippen LogP contribution in [0.3, 0.4) is 0 Å². The molecule has 3 aromatic rings. The number of aryl methyl sites for hydroxylation is 1. The molecular weight excluding hydrogens is 366 g/mol. The molecule has 0 spiro atoms. The second-order valence-electron chi connectivity index (χ2n) is 6.87. The summed E-state index contributed by atoms with van der Waals surface area (Å²) in [6.45, 7) is 4.36. The van der Waals surface area contributed by atoms with E-state index in [1.807, 2.05) is 46.8 Å². The molecule has 6 heteroatoms. The van der Waals surface area contributed by atoms with Gasteiger partial charge < -0.3 is 4.90 Å². The molecule has 1 aliphatic rings. The average molecular weight is 388 g/mol. The van der Waals surface area contributed by atoms with Crippen molar-refractivity contribution in [3.05, 3.63) is 51.5 Å². The number of benzene rings is 1. The molecule has 0 atom stereocenters. The molecule has 0 unspecified atom stereocenters. The number of hydrogen-bond donors (Lipinski definition) is 0.